The van der Waals surface area contributed by atoms with Gasteiger partial charge in [-0.2, -0.15) is 0 Å². The fourth-order valence-corrected chi connectivity index (χ4v) is 1.66. The Hall–Kier alpha value is -2.14. The Morgan fingerprint density at radius 1 is 1.37 bits per heavy atom. The Balaban J connectivity index is 2.33. The van der Waals surface area contributed by atoms with E-state index >= 15 is 0 Å². The highest BCUT2D eigenvalue weighted by Gasteiger charge is 2.14. The molecule has 1 N–H and O–H groups in total. The second-order valence-corrected chi connectivity index (χ2v) is 4.12. The van der Waals surface area contributed by atoms with Gasteiger partial charge in [0.15, 0.2) is 0 Å². The lowest BCUT2D eigenvalue weighted by molar-refractivity contribution is -0.124. The van der Waals surface area contributed by atoms with Crippen LogP contribution in [0.1, 0.15) is 6.92 Å². The zero-order valence-corrected chi connectivity index (χ0v) is 10.8. The van der Waals surface area contributed by atoms with Crippen molar-refractivity contribution in [2.45, 2.75) is 13.0 Å². The van der Waals surface area contributed by atoms with Crippen molar-refractivity contribution in [3.63, 3.8) is 0 Å². The number of aromatic nitrogens is 1. The van der Waals surface area contributed by atoms with Crippen LogP contribution < -0.4 is 5.32 Å². The third kappa shape index (κ3) is 3.00. The van der Waals surface area contributed by atoms with Crippen molar-refractivity contribution in [2.24, 2.45) is 0 Å². The topological polar surface area (TPSA) is 43.3 Å². The Morgan fingerprint density at radius 3 is 2.68 bits per heavy atom. The highest BCUT2D eigenvalue weighted by molar-refractivity contribution is 5.95. The van der Waals surface area contributed by atoms with Crippen molar-refractivity contribution in [1.82, 2.24) is 4.57 Å². The number of carbonyl (C=O) groups excluding carboxylic acids is 1. The van der Waals surface area contributed by atoms with Crippen LogP contribution in [0, 0.1) is 5.82 Å². The van der Waals surface area contributed by atoms with Crippen molar-refractivity contribution in [1.29, 1.82) is 0 Å². The molecule has 0 spiro atoms. The maximum absolute atomic E-state index is 13.4. The minimum absolute atomic E-state index is 0.275. The Bertz CT molecular complexity index is 567. The summed E-state index contributed by atoms with van der Waals surface area (Å²) in [5, 5.41) is 2.73. The fourth-order valence-electron chi connectivity index (χ4n) is 1.66. The molecule has 1 atom stereocenters. The van der Waals surface area contributed by atoms with Gasteiger partial charge in [0.05, 0.1) is 11.4 Å². The number of benzene rings is 1. The number of hydrogen-bond donors (Lipinski definition) is 1. The second kappa shape index (κ2) is 5.67. The molecule has 1 unspecified atom stereocenters. The van der Waals surface area contributed by atoms with E-state index in [9.17, 15) is 9.18 Å². The van der Waals surface area contributed by atoms with Crippen LogP contribution in [0.15, 0.2) is 42.7 Å². The molecule has 1 aromatic carbocycles. The Kier molecular flexibility index (Phi) is 3.97. The van der Waals surface area contributed by atoms with Gasteiger partial charge < -0.3 is 14.6 Å². The fraction of sp³-hybridized carbons (Fsp3) is 0.214. The first kappa shape index (κ1) is 13.3. The Labute approximate surface area is 110 Å². The number of halogens is 1. The van der Waals surface area contributed by atoms with E-state index in [0.29, 0.717) is 11.4 Å². The van der Waals surface area contributed by atoms with Crippen LogP contribution in [0.3, 0.4) is 0 Å². The quantitative estimate of drug-likeness (QED) is 0.920. The third-order valence-electron chi connectivity index (χ3n) is 2.82. The number of amides is 1. The molecular weight excluding hydrogens is 247 g/mol. The van der Waals surface area contributed by atoms with Gasteiger partial charge in [0.25, 0.3) is 5.91 Å². The van der Waals surface area contributed by atoms with Crippen LogP contribution in [0.2, 0.25) is 0 Å². The maximum atomic E-state index is 13.4. The van der Waals surface area contributed by atoms with Crippen molar-refractivity contribution in [3.8, 4) is 5.69 Å². The average molecular weight is 262 g/mol. The molecule has 2 rings (SSSR count). The van der Waals surface area contributed by atoms with Crippen molar-refractivity contribution in [2.75, 3.05) is 12.4 Å². The molecule has 0 fully saturated rings. The van der Waals surface area contributed by atoms with E-state index in [0.717, 1.165) is 0 Å². The third-order valence-corrected chi connectivity index (χ3v) is 2.82. The molecule has 0 bridgehead atoms. The molecule has 19 heavy (non-hydrogen) atoms. The van der Waals surface area contributed by atoms with Gasteiger partial charge in [-0.15, -0.1) is 0 Å². The number of hydrogen-bond acceptors (Lipinski definition) is 2. The maximum Gasteiger partial charge on any atom is 0.253 e. The van der Waals surface area contributed by atoms with E-state index in [4.69, 9.17) is 4.74 Å². The molecule has 0 saturated heterocycles. The van der Waals surface area contributed by atoms with Gasteiger partial charge in [-0.1, -0.05) is 0 Å². The van der Waals surface area contributed by atoms with Gasteiger partial charge in [0.1, 0.15) is 11.9 Å². The number of carbonyl (C=O) groups is 1. The number of methoxy groups -OCH3 is 1. The number of rotatable bonds is 4. The van der Waals surface area contributed by atoms with Gasteiger partial charge in [-0.05, 0) is 37.3 Å². The lowest BCUT2D eigenvalue weighted by Crippen LogP contribution is -2.27. The molecule has 0 aliphatic heterocycles. The van der Waals surface area contributed by atoms with Gasteiger partial charge in [0.2, 0.25) is 0 Å². The minimum Gasteiger partial charge on any atom is -0.372 e. The number of anilines is 1. The van der Waals surface area contributed by atoms with Gasteiger partial charge in [0, 0.05) is 19.5 Å². The van der Waals surface area contributed by atoms with E-state index in [1.54, 1.807) is 23.9 Å². The van der Waals surface area contributed by atoms with Crippen LogP contribution in [-0.2, 0) is 9.53 Å². The van der Waals surface area contributed by atoms with E-state index < -0.39 is 6.10 Å². The Morgan fingerprint density at radius 2 is 2.05 bits per heavy atom. The van der Waals surface area contributed by atoms with E-state index in [2.05, 4.69) is 5.32 Å². The number of nitrogens with one attached hydrogen (secondary N) is 1. The molecular formula is C14H15FN2O2. The van der Waals surface area contributed by atoms with E-state index in [1.807, 2.05) is 12.1 Å². The largest absolute Gasteiger partial charge is 0.372 e. The smallest absolute Gasteiger partial charge is 0.253 e. The predicted molar refractivity (Wildman–Crippen MR) is 70.8 cm³/mol. The van der Waals surface area contributed by atoms with Crippen molar-refractivity contribution < 1.29 is 13.9 Å². The summed E-state index contributed by atoms with van der Waals surface area (Å²) in [5.41, 5.74) is 1.10. The molecule has 0 aliphatic rings. The zero-order valence-electron chi connectivity index (χ0n) is 10.8. The van der Waals surface area contributed by atoms with Crippen LogP contribution in [0.4, 0.5) is 10.1 Å². The monoisotopic (exact) mass is 262 g/mol. The lowest BCUT2D eigenvalue weighted by atomic mass is 10.2. The number of ether oxygens (including phenoxy) is 1. The molecule has 0 radical (unpaired) electrons. The average Bonchev–Trinajstić information content (AvgIpc) is 2.93. The predicted octanol–water partition coefficient (Wildman–Crippen LogP) is 2.59. The van der Waals surface area contributed by atoms with E-state index in [-0.39, 0.29) is 11.7 Å². The summed E-state index contributed by atoms with van der Waals surface area (Å²) in [5.74, 6) is -0.635. The highest BCUT2D eigenvalue weighted by Crippen LogP contribution is 2.22. The highest BCUT2D eigenvalue weighted by atomic mass is 19.1. The molecule has 4 nitrogen and oxygen atoms in total. The first-order valence-electron chi connectivity index (χ1n) is 5.88. The molecule has 2 aromatic rings. The minimum atomic E-state index is -0.567. The van der Waals surface area contributed by atoms with E-state index in [1.165, 1.54) is 25.3 Å². The summed E-state index contributed by atoms with van der Waals surface area (Å²) in [6.45, 7) is 1.65. The zero-order chi connectivity index (χ0) is 13.8. The summed E-state index contributed by atoms with van der Waals surface area (Å²) in [7, 11) is 1.46. The van der Waals surface area contributed by atoms with Crippen LogP contribution >= 0.6 is 0 Å². The molecule has 0 aliphatic carbocycles. The molecule has 1 aromatic heterocycles. The standard InChI is InChI=1S/C14H15FN2O2/c1-10(19-2)14(18)16-12-6-5-11(15)9-13(12)17-7-3-4-8-17/h3-10H,1-2H3,(H,16,18). The van der Waals surface area contributed by atoms with Gasteiger partial charge in [-0.25, -0.2) is 4.39 Å². The number of nitrogens with zero attached hydrogens (tertiary/aromatic N) is 1. The summed E-state index contributed by atoms with van der Waals surface area (Å²) in [6, 6.07) is 7.86. The summed E-state index contributed by atoms with van der Waals surface area (Å²) < 4.78 is 20.0. The molecule has 100 valence electrons. The lowest BCUT2D eigenvalue weighted by Gasteiger charge is -2.14. The molecule has 0 saturated carbocycles. The van der Waals surface area contributed by atoms with Crippen LogP contribution in [0.25, 0.3) is 5.69 Å². The van der Waals surface area contributed by atoms with Crippen molar-refractivity contribution >= 4 is 11.6 Å². The first-order chi connectivity index (χ1) is 9.11. The van der Waals surface area contributed by atoms with Crippen LogP contribution in [0.5, 0.6) is 0 Å². The van der Waals surface area contributed by atoms with Crippen LogP contribution in [-0.4, -0.2) is 23.7 Å². The SMILES string of the molecule is COC(C)C(=O)Nc1ccc(F)cc1-n1cccc1. The van der Waals surface area contributed by atoms with Crippen molar-refractivity contribution in [3.05, 3.63) is 48.5 Å². The second-order valence-electron chi connectivity index (χ2n) is 4.12. The molecule has 1 heterocycles. The summed E-state index contributed by atoms with van der Waals surface area (Å²) >= 11 is 0. The first-order valence-corrected chi connectivity index (χ1v) is 5.88. The molecule has 1 amide bonds. The molecule has 5 heteroatoms. The summed E-state index contributed by atoms with van der Waals surface area (Å²) in [6.07, 6.45) is 3.00. The normalized spacial score (nSPS) is 12.2. The summed E-state index contributed by atoms with van der Waals surface area (Å²) in [4.78, 5) is 11.8. The van der Waals surface area contributed by atoms with Gasteiger partial charge >= 0.3 is 0 Å². The van der Waals surface area contributed by atoms with Gasteiger partial charge in [-0.3, -0.25) is 4.79 Å².